The number of phenols is 1. The number of carbonyl (C=O) groups is 2. The summed E-state index contributed by atoms with van der Waals surface area (Å²) < 4.78 is 0. The molecular weight excluding hydrogens is 355 g/mol. The summed E-state index contributed by atoms with van der Waals surface area (Å²) in [6.45, 7) is 1.83. The van der Waals surface area contributed by atoms with E-state index in [1.807, 2.05) is 0 Å². The highest BCUT2D eigenvalue weighted by Crippen LogP contribution is 2.43. The van der Waals surface area contributed by atoms with Crippen LogP contribution >= 0.6 is 23.2 Å². The van der Waals surface area contributed by atoms with Crippen molar-refractivity contribution in [2.45, 2.75) is 43.9 Å². The van der Waals surface area contributed by atoms with Crippen LogP contribution in [0.1, 0.15) is 31.2 Å². The maximum atomic E-state index is 12.4. The molecule has 3 rings (SSSR count). The van der Waals surface area contributed by atoms with Crippen molar-refractivity contribution in [1.82, 2.24) is 10.2 Å². The van der Waals surface area contributed by atoms with E-state index in [0.717, 1.165) is 0 Å². The summed E-state index contributed by atoms with van der Waals surface area (Å²) in [5, 5.41) is 23.0. The Labute approximate surface area is 149 Å². The van der Waals surface area contributed by atoms with Gasteiger partial charge in [-0.15, -0.1) is 0 Å². The lowest BCUT2D eigenvalue weighted by atomic mass is 9.83. The Hall–Kier alpha value is -1.50. The number of piperidine rings is 1. The molecule has 2 aliphatic heterocycles. The standard InChI is InChI=1S/C16H18Cl2N2O4/c1-7(21)14-16(24)20-5-4-8(6-10(20)15(23)19-14)12-11(22)3-2-9(17)13(12)18/h2-3,7-8,10,14,21-22H,4-6H2,1H3,(H,19,23)/t7-,8-,10+,14+/m0/s1. The van der Waals surface area contributed by atoms with E-state index in [1.165, 1.54) is 24.0 Å². The molecule has 2 saturated heterocycles. The van der Waals surface area contributed by atoms with E-state index in [-0.39, 0.29) is 28.5 Å². The van der Waals surface area contributed by atoms with Gasteiger partial charge in [0.05, 0.1) is 16.1 Å². The maximum Gasteiger partial charge on any atom is 0.248 e. The zero-order valence-electron chi connectivity index (χ0n) is 13.0. The number of carbonyl (C=O) groups excluding carboxylic acids is 2. The zero-order valence-corrected chi connectivity index (χ0v) is 14.5. The Balaban J connectivity index is 1.87. The third kappa shape index (κ3) is 2.83. The molecule has 0 radical (unpaired) electrons. The number of hydrogen-bond donors (Lipinski definition) is 3. The molecule has 2 aliphatic rings. The lowest BCUT2D eigenvalue weighted by Crippen LogP contribution is -2.67. The number of aliphatic hydroxyl groups is 1. The third-order valence-electron chi connectivity index (χ3n) is 4.75. The number of amides is 2. The molecular formula is C16H18Cl2N2O4. The van der Waals surface area contributed by atoms with E-state index < -0.39 is 18.2 Å². The number of halogens is 2. The van der Waals surface area contributed by atoms with Gasteiger partial charge in [0.1, 0.15) is 17.8 Å². The molecule has 6 nitrogen and oxygen atoms in total. The van der Waals surface area contributed by atoms with Crippen LogP contribution in [0.5, 0.6) is 5.75 Å². The first-order valence-electron chi connectivity index (χ1n) is 7.77. The maximum absolute atomic E-state index is 12.4. The number of hydrogen-bond acceptors (Lipinski definition) is 4. The Bertz CT molecular complexity index is 695. The predicted octanol–water partition coefficient (Wildman–Crippen LogP) is 1.65. The SMILES string of the molecule is C[C@H](O)[C@H]1NC(=O)[C@H]2C[C@@H](c3c(O)ccc(Cl)c3Cl)CCN2C1=O. The minimum Gasteiger partial charge on any atom is -0.508 e. The summed E-state index contributed by atoms with van der Waals surface area (Å²) in [6, 6.07) is 1.45. The first-order chi connectivity index (χ1) is 11.3. The van der Waals surface area contributed by atoms with E-state index in [9.17, 15) is 19.8 Å². The zero-order chi connectivity index (χ0) is 17.6. The van der Waals surface area contributed by atoms with Gasteiger partial charge in [-0.1, -0.05) is 23.2 Å². The van der Waals surface area contributed by atoms with Crippen LogP contribution in [0, 0.1) is 0 Å². The number of nitrogens with one attached hydrogen (secondary N) is 1. The number of aromatic hydroxyl groups is 1. The first-order valence-corrected chi connectivity index (χ1v) is 8.52. The Morgan fingerprint density at radius 2 is 2.04 bits per heavy atom. The van der Waals surface area contributed by atoms with Crippen molar-refractivity contribution < 1.29 is 19.8 Å². The normalized spacial score (nSPS) is 28.3. The van der Waals surface area contributed by atoms with Gasteiger partial charge in [0, 0.05) is 12.1 Å². The van der Waals surface area contributed by atoms with Crippen molar-refractivity contribution in [2.24, 2.45) is 0 Å². The molecule has 8 heteroatoms. The fourth-order valence-electron chi connectivity index (χ4n) is 3.50. The number of aliphatic hydroxyl groups excluding tert-OH is 1. The number of phenolic OH excluding ortho intramolecular Hbond substituents is 1. The third-order valence-corrected chi connectivity index (χ3v) is 5.57. The largest absolute Gasteiger partial charge is 0.508 e. The monoisotopic (exact) mass is 372 g/mol. The first kappa shape index (κ1) is 17.3. The van der Waals surface area contributed by atoms with E-state index in [4.69, 9.17) is 23.2 Å². The highest BCUT2D eigenvalue weighted by Gasteiger charge is 2.46. The molecule has 0 unspecified atom stereocenters. The molecule has 0 aromatic heterocycles. The molecule has 2 fully saturated rings. The topological polar surface area (TPSA) is 89.9 Å². The second-order valence-corrected chi connectivity index (χ2v) is 7.07. The van der Waals surface area contributed by atoms with Crippen molar-refractivity contribution >= 4 is 35.0 Å². The molecule has 130 valence electrons. The van der Waals surface area contributed by atoms with Gasteiger partial charge in [-0.05, 0) is 37.8 Å². The van der Waals surface area contributed by atoms with Crippen LogP contribution in [-0.2, 0) is 9.59 Å². The smallest absolute Gasteiger partial charge is 0.248 e. The average molecular weight is 373 g/mol. The van der Waals surface area contributed by atoms with Crippen molar-refractivity contribution in [3.8, 4) is 5.75 Å². The second kappa shape index (κ2) is 6.43. The second-order valence-electron chi connectivity index (χ2n) is 6.29. The fraction of sp³-hybridized carbons (Fsp3) is 0.500. The molecule has 0 aliphatic carbocycles. The number of fused-ring (bicyclic) bond motifs is 1. The molecule has 2 heterocycles. The van der Waals surface area contributed by atoms with Gasteiger partial charge in [0.25, 0.3) is 0 Å². The minimum absolute atomic E-state index is 0.0345. The van der Waals surface area contributed by atoms with Crippen LogP contribution in [0.15, 0.2) is 12.1 Å². The molecule has 24 heavy (non-hydrogen) atoms. The van der Waals surface area contributed by atoms with Crippen LogP contribution in [0.2, 0.25) is 10.0 Å². The Morgan fingerprint density at radius 3 is 2.71 bits per heavy atom. The van der Waals surface area contributed by atoms with E-state index in [2.05, 4.69) is 5.32 Å². The highest BCUT2D eigenvalue weighted by molar-refractivity contribution is 6.42. The highest BCUT2D eigenvalue weighted by atomic mass is 35.5. The summed E-state index contributed by atoms with van der Waals surface area (Å²) >= 11 is 12.3. The number of nitrogens with zero attached hydrogens (tertiary/aromatic N) is 1. The van der Waals surface area contributed by atoms with Crippen molar-refractivity contribution in [2.75, 3.05) is 6.54 Å². The quantitative estimate of drug-likeness (QED) is 0.736. The van der Waals surface area contributed by atoms with E-state index in [1.54, 1.807) is 0 Å². The summed E-state index contributed by atoms with van der Waals surface area (Å²) in [5.41, 5.74) is 0.515. The average Bonchev–Trinajstić information content (AvgIpc) is 2.54. The molecule has 0 bridgehead atoms. The van der Waals surface area contributed by atoms with Gasteiger partial charge in [0.2, 0.25) is 11.8 Å². The van der Waals surface area contributed by atoms with E-state index in [0.29, 0.717) is 30.0 Å². The predicted molar refractivity (Wildman–Crippen MR) is 89.2 cm³/mol. The van der Waals surface area contributed by atoms with Gasteiger partial charge in [0.15, 0.2) is 0 Å². The van der Waals surface area contributed by atoms with Crippen molar-refractivity contribution in [1.29, 1.82) is 0 Å². The molecule has 1 aromatic rings. The van der Waals surface area contributed by atoms with Crippen LogP contribution in [0.25, 0.3) is 0 Å². The summed E-state index contributed by atoms with van der Waals surface area (Å²) in [7, 11) is 0. The molecule has 2 amide bonds. The van der Waals surface area contributed by atoms with Crippen LogP contribution in [0.4, 0.5) is 0 Å². The van der Waals surface area contributed by atoms with Gasteiger partial charge in [-0.3, -0.25) is 9.59 Å². The van der Waals surface area contributed by atoms with Gasteiger partial charge in [-0.2, -0.15) is 0 Å². The summed E-state index contributed by atoms with van der Waals surface area (Å²) in [4.78, 5) is 26.3. The molecule has 1 aromatic carbocycles. The fourth-order valence-corrected chi connectivity index (χ4v) is 3.98. The van der Waals surface area contributed by atoms with Crippen LogP contribution in [0.3, 0.4) is 0 Å². The number of benzene rings is 1. The Kier molecular flexibility index (Phi) is 4.64. The minimum atomic E-state index is -0.952. The lowest BCUT2D eigenvalue weighted by Gasteiger charge is -2.44. The summed E-state index contributed by atoms with van der Waals surface area (Å²) in [6.07, 6.45) is -0.0560. The molecule has 0 spiro atoms. The molecule has 3 N–H and O–H groups in total. The number of piperazine rings is 1. The summed E-state index contributed by atoms with van der Waals surface area (Å²) in [5.74, 6) is -0.733. The Morgan fingerprint density at radius 1 is 1.33 bits per heavy atom. The molecule has 4 atom stereocenters. The molecule has 0 saturated carbocycles. The van der Waals surface area contributed by atoms with Crippen molar-refractivity contribution in [3.05, 3.63) is 27.7 Å². The van der Waals surface area contributed by atoms with Gasteiger partial charge in [-0.25, -0.2) is 0 Å². The van der Waals surface area contributed by atoms with Gasteiger partial charge >= 0.3 is 0 Å². The van der Waals surface area contributed by atoms with Crippen molar-refractivity contribution in [3.63, 3.8) is 0 Å². The number of rotatable bonds is 2. The van der Waals surface area contributed by atoms with Crippen LogP contribution < -0.4 is 5.32 Å². The van der Waals surface area contributed by atoms with E-state index >= 15 is 0 Å². The van der Waals surface area contributed by atoms with Crippen LogP contribution in [-0.4, -0.2) is 51.7 Å². The van der Waals surface area contributed by atoms with Gasteiger partial charge < -0.3 is 20.4 Å². The lowest BCUT2D eigenvalue weighted by molar-refractivity contribution is -0.154.